The molecule has 0 aromatic heterocycles. The van der Waals surface area contributed by atoms with Gasteiger partial charge in [0, 0.05) is 18.1 Å². The van der Waals surface area contributed by atoms with Crippen molar-refractivity contribution in [3.8, 4) is 0 Å². The van der Waals surface area contributed by atoms with Gasteiger partial charge in [-0.3, -0.25) is 0 Å². The lowest BCUT2D eigenvalue weighted by Crippen LogP contribution is -2.32. The SMILES string of the molecule is O=C([O-])c1ccc(S(=O)(=O)N(CCc2ccccc2)Cc2ccc(Cl)cc2)cc1. The van der Waals surface area contributed by atoms with Crippen molar-refractivity contribution < 1.29 is 18.3 Å². The summed E-state index contributed by atoms with van der Waals surface area (Å²) in [6, 6.07) is 21.7. The predicted octanol–water partition coefficient (Wildman–Crippen LogP) is 3.14. The van der Waals surface area contributed by atoms with E-state index in [9.17, 15) is 18.3 Å². The molecular weight excluding hydrogens is 410 g/mol. The van der Waals surface area contributed by atoms with E-state index in [4.69, 9.17) is 11.6 Å². The Hall–Kier alpha value is -2.67. The molecule has 150 valence electrons. The molecule has 3 rings (SSSR count). The fraction of sp³-hybridized carbons (Fsp3) is 0.136. The molecule has 0 bridgehead atoms. The number of halogens is 1. The molecule has 0 saturated heterocycles. The molecule has 7 heteroatoms. The highest BCUT2D eigenvalue weighted by molar-refractivity contribution is 7.89. The number of hydrogen-bond acceptors (Lipinski definition) is 4. The molecule has 3 aromatic carbocycles. The number of sulfonamides is 1. The molecule has 0 N–H and O–H groups in total. The van der Waals surface area contributed by atoms with E-state index in [0.717, 1.165) is 11.1 Å². The molecule has 0 saturated carbocycles. The maximum absolute atomic E-state index is 13.2. The third-order valence-electron chi connectivity index (χ3n) is 4.49. The summed E-state index contributed by atoms with van der Waals surface area (Å²) in [6.45, 7) is 0.450. The van der Waals surface area contributed by atoms with Crippen molar-refractivity contribution in [2.24, 2.45) is 0 Å². The van der Waals surface area contributed by atoms with Crippen LogP contribution in [-0.2, 0) is 23.0 Å². The van der Waals surface area contributed by atoms with Crippen LogP contribution in [-0.4, -0.2) is 25.2 Å². The molecule has 0 radical (unpaired) electrons. The Balaban J connectivity index is 1.88. The third kappa shape index (κ3) is 5.44. The van der Waals surface area contributed by atoms with Gasteiger partial charge in [-0.15, -0.1) is 0 Å². The Morgan fingerprint density at radius 1 is 0.862 bits per heavy atom. The van der Waals surface area contributed by atoms with Gasteiger partial charge in [0.25, 0.3) is 0 Å². The second-order valence-electron chi connectivity index (χ2n) is 6.51. The number of carbonyl (C=O) groups is 1. The minimum absolute atomic E-state index is 0.0320. The van der Waals surface area contributed by atoms with Crippen molar-refractivity contribution in [3.63, 3.8) is 0 Å². The molecule has 29 heavy (non-hydrogen) atoms. The number of carboxylic acid groups (broad SMARTS) is 1. The molecular formula is C22H19ClNO4S-. The van der Waals surface area contributed by atoms with E-state index < -0.39 is 16.0 Å². The summed E-state index contributed by atoms with van der Waals surface area (Å²) in [5.74, 6) is -1.35. The highest BCUT2D eigenvalue weighted by Crippen LogP contribution is 2.21. The van der Waals surface area contributed by atoms with Gasteiger partial charge in [-0.25, -0.2) is 8.42 Å². The molecule has 0 heterocycles. The first-order valence-corrected chi connectivity index (χ1v) is 10.8. The minimum atomic E-state index is -3.83. The Morgan fingerprint density at radius 2 is 1.48 bits per heavy atom. The number of hydrogen-bond donors (Lipinski definition) is 0. The molecule has 0 spiro atoms. The lowest BCUT2D eigenvalue weighted by Gasteiger charge is -2.23. The first-order valence-electron chi connectivity index (χ1n) is 8.96. The standard InChI is InChI=1S/C22H20ClNO4S/c23-20-10-6-18(7-11-20)16-24(15-14-17-4-2-1-3-5-17)29(27,28)21-12-8-19(9-13-21)22(25)26/h1-13H,14-16H2,(H,25,26)/p-1. The maximum Gasteiger partial charge on any atom is 0.243 e. The largest absolute Gasteiger partial charge is 0.545 e. The molecule has 0 aliphatic rings. The van der Waals surface area contributed by atoms with E-state index in [-0.39, 0.29) is 23.5 Å². The summed E-state index contributed by atoms with van der Waals surface area (Å²) in [5, 5.41) is 11.5. The molecule has 0 amide bonds. The zero-order chi connectivity index (χ0) is 20.9. The second-order valence-corrected chi connectivity index (χ2v) is 8.89. The highest BCUT2D eigenvalue weighted by atomic mass is 35.5. The van der Waals surface area contributed by atoms with Gasteiger partial charge in [0.2, 0.25) is 10.0 Å². The van der Waals surface area contributed by atoms with Crippen molar-refractivity contribution in [2.45, 2.75) is 17.9 Å². The fourth-order valence-corrected chi connectivity index (χ4v) is 4.44. The topological polar surface area (TPSA) is 77.5 Å². The van der Waals surface area contributed by atoms with E-state index in [1.807, 2.05) is 30.3 Å². The van der Waals surface area contributed by atoms with Crippen LogP contribution in [0.4, 0.5) is 0 Å². The average molecular weight is 429 g/mol. The number of rotatable bonds is 8. The van der Waals surface area contributed by atoms with Gasteiger partial charge in [0.05, 0.1) is 10.9 Å². The number of carboxylic acids is 1. The van der Waals surface area contributed by atoms with Crippen LogP contribution in [0.15, 0.2) is 83.8 Å². The highest BCUT2D eigenvalue weighted by Gasteiger charge is 2.24. The predicted molar refractivity (Wildman–Crippen MR) is 110 cm³/mol. The van der Waals surface area contributed by atoms with Crippen molar-refractivity contribution in [1.29, 1.82) is 0 Å². The van der Waals surface area contributed by atoms with Gasteiger partial charge in [0.1, 0.15) is 0 Å². The third-order valence-corrected chi connectivity index (χ3v) is 6.60. The molecule has 0 aliphatic heterocycles. The smallest absolute Gasteiger partial charge is 0.243 e. The fourth-order valence-electron chi connectivity index (χ4n) is 2.89. The van der Waals surface area contributed by atoms with Gasteiger partial charge in [0.15, 0.2) is 0 Å². The summed E-state index contributed by atoms with van der Waals surface area (Å²) in [6.07, 6.45) is 0.546. The number of aromatic carboxylic acids is 1. The van der Waals surface area contributed by atoms with E-state index >= 15 is 0 Å². The first kappa shape index (κ1) is 21.0. The van der Waals surface area contributed by atoms with E-state index in [1.165, 1.54) is 28.6 Å². The van der Waals surface area contributed by atoms with E-state index in [2.05, 4.69) is 0 Å². The molecule has 0 atom stereocenters. The minimum Gasteiger partial charge on any atom is -0.545 e. The van der Waals surface area contributed by atoms with Gasteiger partial charge in [-0.2, -0.15) is 4.31 Å². The summed E-state index contributed by atoms with van der Waals surface area (Å²) >= 11 is 5.93. The zero-order valence-corrected chi connectivity index (χ0v) is 17.1. The van der Waals surface area contributed by atoms with Crippen molar-refractivity contribution in [1.82, 2.24) is 4.31 Å². The van der Waals surface area contributed by atoms with Crippen molar-refractivity contribution in [2.75, 3.05) is 6.54 Å². The van der Waals surface area contributed by atoms with Crippen LogP contribution in [0.3, 0.4) is 0 Å². The summed E-state index contributed by atoms with van der Waals surface area (Å²) in [5.41, 5.74) is 1.76. The van der Waals surface area contributed by atoms with Crippen LogP contribution in [0.25, 0.3) is 0 Å². The quantitative estimate of drug-likeness (QED) is 0.552. The Bertz CT molecular complexity index is 1070. The van der Waals surface area contributed by atoms with Crippen LogP contribution < -0.4 is 5.11 Å². The zero-order valence-electron chi connectivity index (χ0n) is 15.5. The monoisotopic (exact) mass is 428 g/mol. The van der Waals surface area contributed by atoms with Gasteiger partial charge in [-0.1, -0.05) is 66.2 Å². The molecule has 0 fully saturated rings. The van der Waals surface area contributed by atoms with Crippen molar-refractivity contribution >= 4 is 27.6 Å². The lowest BCUT2D eigenvalue weighted by atomic mass is 10.1. The van der Waals surface area contributed by atoms with E-state index in [0.29, 0.717) is 11.4 Å². The maximum atomic E-state index is 13.2. The molecule has 0 unspecified atom stereocenters. The normalized spacial score (nSPS) is 11.5. The Labute approximate surface area is 175 Å². The number of benzene rings is 3. The van der Waals surface area contributed by atoms with E-state index in [1.54, 1.807) is 24.3 Å². The molecule has 3 aromatic rings. The van der Waals surface area contributed by atoms with Gasteiger partial charge >= 0.3 is 0 Å². The van der Waals surface area contributed by atoms with Gasteiger partial charge < -0.3 is 9.90 Å². The first-order chi connectivity index (χ1) is 13.9. The summed E-state index contributed by atoms with van der Waals surface area (Å²) < 4.78 is 27.9. The van der Waals surface area contributed by atoms with Crippen LogP contribution in [0.2, 0.25) is 5.02 Å². The second kappa shape index (κ2) is 9.22. The molecule has 0 aliphatic carbocycles. The van der Waals surface area contributed by atoms with Crippen LogP contribution in [0.1, 0.15) is 21.5 Å². The summed E-state index contributed by atoms with van der Waals surface area (Å²) in [7, 11) is -3.83. The Morgan fingerprint density at radius 3 is 2.07 bits per heavy atom. The van der Waals surface area contributed by atoms with Gasteiger partial charge in [-0.05, 0) is 47.4 Å². The van der Waals surface area contributed by atoms with Crippen molar-refractivity contribution in [3.05, 3.63) is 101 Å². The van der Waals surface area contributed by atoms with Crippen LogP contribution >= 0.6 is 11.6 Å². The van der Waals surface area contributed by atoms with Crippen LogP contribution in [0, 0.1) is 0 Å². The lowest BCUT2D eigenvalue weighted by molar-refractivity contribution is -0.255. The number of carbonyl (C=O) groups excluding carboxylic acids is 1. The Kier molecular flexibility index (Phi) is 6.69. The molecule has 5 nitrogen and oxygen atoms in total. The number of nitrogens with zero attached hydrogens (tertiary/aromatic N) is 1. The summed E-state index contributed by atoms with van der Waals surface area (Å²) in [4.78, 5) is 11.0. The van der Waals surface area contributed by atoms with Crippen LogP contribution in [0.5, 0.6) is 0 Å². The average Bonchev–Trinajstić information content (AvgIpc) is 2.73.